The van der Waals surface area contributed by atoms with Gasteiger partial charge >= 0.3 is 5.97 Å². The average Bonchev–Trinajstić information content (AvgIpc) is 3.04. The molecular weight excluding hydrogens is 344 g/mol. The molecule has 0 aliphatic heterocycles. The highest BCUT2D eigenvalue weighted by atomic mass is 16.5. The van der Waals surface area contributed by atoms with Crippen molar-refractivity contribution in [2.45, 2.75) is 51.4 Å². The van der Waals surface area contributed by atoms with Crippen molar-refractivity contribution in [3.63, 3.8) is 0 Å². The van der Waals surface area contributed by atoms with Crippen LogP contribution in [-0.4, -0.2) is 24.3 Å². The van der Waals surface area contributed by atoms with E-state index in [-0.39, 0.29) is 18.6 Å². The minimum atomic E-state index is -0.877. The van der Waals surface area contributed by atoms with Crippen LogP contribution in [0.3, 0.4) is 0 Å². The molecule has 27 heavy (non-hydrogen) atoms. The molecule has 2 aromatic carbocycles. The summed E-state index contributed by atoms with van der Waals surface area (Å²) in [7, 11) is 1.69. The highest BCUT2D eigenvalue weighted by Crippen LogP contribution is 2.39. The van der Waals surface area contributed by atoms with Crippen LogP contribution in [0.1, 0.15) is 55.6 Å². The van der Waals surface area contributed by atoms with E-state index in [0.29, 0.717) is 0 Å². The maximum absolute atomic E-state index is 11.1. The molecule has 0 aromatic heterocycles. The molecule has 0 saturated carbocycles. The van der Waals surface area contributed by atoms with Gasteiger partial charge in [-0.05, 0) is 56.0 Å². The number of carboxylic acids is 1. The molecule has 0 spiro atoms. The Morgan fingerprint density at radius 3 is 2.56 bits per heavy atom. The number of aliphatic carboxylic acids is 1. The minimum absolute atomic E-state index is 0.00248. The van der Waals surface area contributed by atoms with Crippen molar-refractivity contribution >= 4 is 5.97 Å². The van der Waals surface area contributed by atoms with Gasteiger partial charge in [0.05, 0.1) is 25.7 Å². The van der Waals surface area contributed by atoms with E-state index < -0.39 is 12.1 Å². The fourth-order valence-corrected chi connectivity index (χ4v) is 3.55. The van der Waals surface area contributed by atoms with Gasteiger partial charge in [-0.3, -0.25) is 4.79 Å². The third-order valence-corrected chi connectivity index (χ3v) is 4.72. The lowest BCUT2D eigenvalue weighted by Crippen LogP contribution is -2.14. The number of ether oxygens (including phenoxy) is 3. The van der Waals surface area contributed by atoms with Gasteiger partial charge in [0.15, 0.2) is 0 Å². The molecule has 0 saturated heterocycles. The van der Waals surface area contributed by atoms with Gasteiger partial charge in [-0.15, -0.1) is 0 Å². The van der Waals surface area contributed by atoms with E-state index in [1.54, 1.807) is 7.11 Å². The van der Waals surface area contributed by atoms with E-state index in [4.69, 9.17) is 19.3 Å². The van der Waals surface area contributed by atoms with E-state index in [0.717, 1.165) is 29.9 Å². The molecule has 5 heteroatoms. The first-order valence-electron chi connectivity index (χ1n) is 9.27. The molecule has 2 atom stereocenters. The quantitative estimate of drug-likeness (QED) is 0.729. The predicted molar refractivity (Wildman–Crippen MR) is 102 cm³/mol. The van der Waals surface area contributed by atoms with E-state index in [2.05, 4.69) is 6.07 Å². The second-order valence-electron chi connectivity index (χ2n) is 7.01. The van der Waals surface area contributed by atoms with E-state index in [1.165, 1.54) is 11.1 Å². The fourth-order valence-electron chi connectivity index (χ4n) is 3.55. The Morgan fingerprint density at radius 2 is 1.93 bits per heavy atom. The van der Waals surface area contributed by atoms with Crippen LogP contribution in [0.15, 0.2) is 42.5 Å². The van der Waals surface area contributed by atoms with Crippen molar-refractivity contribution in [2.24, 2.45) is 0 Å². The van der Waals surface area contributed by atoms with Crippen LogP contribution in [0.2, 0.25) is 0 Å². The van der Waals surface area contributed by atoms with Gasteiger partial charge < -0.3 is 19.3 Å². The number of methoxy groups -OCH3 is 1. The van der Waals surface area contributed by atoms with Gasteiger partial charge in [0.1, 0.15) is 17.6 Å². The molecule has 144 valence electrons. The van der Waals surface area contributed by atoms with Crippen molar-refractivity contribution in [2.75, 3.05) is 7.11 Å². The maximum atomic E-state index is 11.1. The zero-order chi connectivity index (χ0) is 19.4. The summed E-state index contributed by atoms with van der Waals surface area (Å²) in [6.45, 7) is 3.80. The molecule has 1 aliphatic carbocycles. The summed E-state index contributed by atoms with van der Waals surface area (Å²) >= 11 is 0. The largest absolute Gasteiger partial charge is 0.496 e. The first kappa shape index (κ1) is 19.2. The van der Waals surface area contributed by atoms with Gasteiger partial charge in [-0.2, -0.15) is 0 Å². The Hall–Kier alpha value is -2.53. The van der Waals surface area contributed by atoms with Gasteiger partial charge in [0, 0.05) is 5.56 Å². The van der Waals surface area contributed by atoms with Crippen LogP contribution in [0.4, 0.5) is 0 Å². The van der Waals surface area contributed by atoms with Crippen LogP contribution in [0.25, 0.3) is 0 Å². The number of fused-ring (bicyclic) bond motifs is 1. The van der Waals surface area contributed by atoms with Gasteiger partial charge in [-0.1, -0.05) is 24.3 Å². The third-order valence-electron chi connectivity index (χ3n) is 4.72. The molecule has 1 unspecified atom stereocenters. The Kier molecular flexibility index (Phi) is 6.01. The summed E-state index contributed by atoms with van der Waals surface area (Å²) < 4.78 is 17.4. The predicted octanol–water partition coefficient (Wildman–Crippen LogP) is 4.70. The number of carbonyl (C=O) groups is 1. The molecule has 5 nitrogen and oxygen atoms in total. The second kappa shape index (κ2) is 8.44. The van der Waals surface area contributed by atoms with Crippen molar-refractivity contribution in [1.82, 2.24) is 0 Å². The molecule has 1 aliphatic rings. The lowest BCUT2D eigenvalue weighted by Gasteiger charge is -2.20. The molecule has 3 rings (SSSR count). The lowest BCUT2D eigenvalue weighted by molar-refractivity contribution is -0.141. The smallest absolute Gasteiger partial charge is 0.306 e. The van der Waals surface area contributed by atoms with Crippen LogP contribution in [0.5, 0.6) is 11.5 Å². The number of benzene rings is 2. The van der Waals surface area contributed by atoms with E-state index in [1.807, 2.05) is 50.2 Å². The maximum Gasteiger partial charge on any atom is 0.306 e. The van der Waals surface area contributed by atoms with Crippen LogP contribution >= 0.6 is 0 Å². The number of hydrogen-bond acceptors (Lipinski definition) is 4. The number of rotatable bonds is 8. The first-order valence-corrected chi connectivity index (χ1v) is 9.27. The SMILES string of the molecule is COc1cccc2c1CCC2Oc1ccc([C@H](CC(=O)O)OC(C)C)cc1. The Labute approximate surface area is 159 Å². The topological polar surface area (TPSA) is 65.0 Å². The summed E-state index contributed by atoms with van der Waals surface area (Å²) in [5.41, 5.74) is 3.23. The monoisotopic (exact) mass is 370 g/mol. The standard InChI is InChI=1S/C22H26O5/c1-14(2)26-21(13-22(23)24)15-7-9-16(10-8-15)27-20-12-11-18-17(20)5-4-6-19(18)25-3/h4-10,14,20-21H,11-13H2,1-3H3,(H,23,24)/t20?,21-/m0/s1. The Bertz CT molecular complexity index is 782. The molecule has 0 amide bonds. The van der Waals surface area contributed by atoms with Crippen LogP contribution in [0, 0.1) is 0 Å². The normalized spacial score (nSPS) is 16.8. The van der Waals surface area contributed by atoms with Crippen molar-refractivity contribution < 1.29 is 24.1 Å². The van der Waals surface area contributed by atoms with Crippen molar-refractivity contribution in [3.05, 3.63) is 59.2 Å². The fraction of sp³-hybridized carbons (Fsp3) is 0.409. The highest BCUT2D eigenvalue weighted by molar-refractivity contribution is 5.67. The average molecular weight is 370 g/mol. The molecule has 2 aromatic rings. The first-order chi connectivity index (χ1) is 13.0. The van der Waals surface area contributed by atoms with Gasteiger partial charge in [0.2, 0.25) is 0 Å². The van der Waals surface area contributed by atoms with E-state index >= 15 is 0 Å². The molecular formula is C22H26O5. The Balaban J connectivity index is 1.72. The molecule has 0 bridgehead atoms. The van der Waals surface area contributed by atoms with E-state index in [9.17, 15) is 4.79 Å². The third kappa shape index (κ3) is 4.61. The summed E-state index contributed by atoms with van der Waals surface area (Å²) in [5, 5.41) is 9.12. The second-order valence-corrected chi connectivity index (χ2v) is 7.01. The summed E-state index contributed by atoms with van der Waals surface area (Å²) in [5.74, 6) is 0.798. The van der Waals surface area contributed by atoms with Gasteiger partial charge in [0.25, 0.3) is 0 Å². The van der Waals surface area contributed by atoms with Crippen molar-refractivity contribution in [1.29, 1.82) is 0 Å². The number of carboxylic acid groups (broad SMARTS) is 1. The van der Waals surface area contributed by atoms with Crippen molar-refractivity contribution in [3.8, 4) is 11.5 Å². The minimum Gasteiger partial charge on any atom is -0.496 e. The van der Waals surface area contributed by atoms with Crippen LogP contribution in [-0.2, 0) is 16.0 Å². The molecule has 0 radical (unpaired) electrons. The summed E-state index contributed by atoms with van der Waals surface area (Å²) in [6, 6.07) is 13.6. The van der Waals surface area contributed by atoms with Crippen LogP contribution < -0.4 is 9.47 Å². The van der Waals surface area contributed by atoms with Gasteiger partial charge in [-0.25, -0.2) is 0 Å². The highest BCUT2D eigenvalue weighted by Gasteiger charge is 2.26. The summed E-state index contributed by atoms with van der Waals surface area (Å²) in [4.78, 5) is 11.1. The number of hydrogen-bond donors (Lipinski definition) is 1. The Morgan fingerprint density at radius 1 is 1.19 bits per heavy atom. The molecule has 0 heterocycles. The zero-order valence-electron chi connectivity index (χ0n) is 16.0. The molecule has 0 fully saturated rings. The molecule has 1 N–H and O–H groups in total. The summed E-state index contributed by atoms with van der Waals surface area (Å²) in [6.07, 6.45) is 1.28. The lowest BCUT2D eigenvalue weighted by atomic mass is 10.1. The zero-order valence-corrected chi connectivity index (χ0v) is 16.0.